The number of hydrogen-bond donors (Lipinski definition) is 0. The molecule has 0 unspecified atom stereocenters. The van der Waals surface area contributed by atoms with Crippen molar-refractivity contribution < 1.29 is 8.78 Å². The molecule has 0 aliphatic heterocycles. The van der Waals surface area contributed by atoms with Crippen LogP contribution in [0.25, 0.3) is 10.9 Å². The Hall–Kier alpha value is -1.16. The molecular formula is C17H25F2NSi. The molecule has 1 aromatic heterocycles. The van der Waals surface area contributed by atoms with Crippen molar-refractivity contribution in [2.24, 2.45) is 0 Å². The second-order valence-corrected chi connectivity index (χ2v) is 12.6. The third kappa shape index (κ3) is 2.33. The summed E-state index contributed by atoms with van der Waals surface area (Å²) in [5.41, 5.74) is 2.38. The van der Waals surface area contributed by atoms with Crippen LogP contribution in [0.4, 0.5) is 8.78 Å². The normalized spacial score (nSPS) is 13.1. The van der Waals surface area contributed by atoms with Crippen molar-refractivity contribution in [3.05, 3.63) is 36.0 Å². The third-order valence-electron chi connectivity index (χ3n) is 4.92. The van der Waals surface area contributed by atoms with Gasteiger partial charge in [-0.1, -0.05) is 41.5 Å². The Morgan fingerprint density at radius 3 is 1.81 bits per heavy atom. The maximum absolute atomic E-state index is 13.7. The Balaban J connectivity index is 2.80. The summed E-state index contributed by atoms with van der Waals surface area (Å²) >= 11 is 0. The summed E-state index contributed by atoms with van der Waals surface area (Å²) in [7, 11) is -1.93. The van der Waals surface area contributed by atoms with E-state index in [1.165, 1.54) is 12.1 Å². The van der Waals surface area contributed by atoms with Gasteiger partial charge in [-0.05, 0) is 35.0 Å². The second-order valence-electron chi connectivity index (χ2n) is 6.86. The van der Waals surface area contributed by atoms with Crippen molar-refractivity contribution in [2.45, 2.75) is 58.2 Å². The molecule has 0 aliphatic carbocycles. The Kier molecular flexibility index (Phi) is 4.29. The van der Waals surface area contributed by atoms with Crippen molar-refractivity contribution >= 4 is 19.1 Å². The van der Waals surface area contributed by atoms with Crippen LogP contribution in [0.1, 0.15) is 41.5 Å². The Morgan fingerprint density at radius 2 is 1.33 bits per heavy atom. The first-order chi connectivity index (χ1) is 9.72. The molecule has 0 saturated carbocycles. The lowest BCUT2D eigenvalue weighted by Gasteiger charge is -2.44. The molecule has 0 radical (unpaired) electrons. The van der Waals surface area contributed by atoms with Crippen LogP contribution in [0.3, 0.4) is 0 Å². The van der Waals surface area contributed by atoms with Gasteiger partial charge in [-0.2, -0.15) is 0 Å². The highest BCUT2D eigenvalue weighted by Gasteiger charge is 2.45. The molecule has 2 rings (SSSR count). The van der Waals surface area contributed by atoms with E-state index in [0.717, 1.165) is 10.9 Å². The van der Waals surface area contributed by atoms with Crippen LogP contribution in [-0.2, 0) is 0 Å². The van der Waals surface area contributed by atoms with Crippen molar-refractivity contribution in [3.8, 4) is 0 Å². The van der Waals surface area contributed by atoms with Gasteiger partial charge >= 0.3 is 0 Å². The summed E-state index contributed by atoms with van der Waals surface area (Å²) in [6, 6.07) is 4.58. The molecule has 0 saturated heterocycles. The monoisotopic (exact) mass is 309 g/mol. The molecule has 0 N–H and O–H groups in total. The highest BCUT2D eigenvalue weighted by molar-refractivity contribution is 6.82. The number of benzene rings is 1. The Labute approximate surface area is 127 Å². The lowest BCUT2D eigenvalue weighted by molar-refractivity contribution is 0.510. The Bertz CT molecular complexity index is 622. The van der Waals surface area contributed by atoms with Crippen LogP contribution < -0.4 is 0 Å². The molecule has 4 heteroatoms. The van der Waals surface area contributed by atoms with Crippen LogP contribution >= 0.6 is 0 Å². The SMILES string of the molecule is CC(C)[Si](C(C)C)(C(C)C)n1ccc2cc(F)c(F)cc21. The highest BCUT2D eigenvalue weighted by Crippen LogP contribution is 2.44. The van der Waals surface area contributed by atoms with Gasteiger partial charge < -0.3 is 4.23 Å². The van der Waals surface area contributed by atoms with E-state index in [1.54, 1.807) is 0 Å². The summed E-state index contributed by atoms with van der Waals surface area (Å²) in [5, 5.41) is 0.785. The summed E-state index contributed by atoms with van der Waals surface area (Å²) in [6.07, 6.45) is 2.04. The zero-order valence-electron chi connectivity index (χ0n) is 13.7. The van der Waals surface area contributed by atoms with Crippen molar-refractivity contribution in [1.29, 1.82) is 0 Å². The molecule has 0 bridgehead atoms. The smallest absolute Gasteiger partial charge is 0.169 e. The minimum absolute atomic E-state index is 0.515. The maximum Gasteiger partial charge on any atom is 0.169 e. The first-order valence-corrected chi connectivity index (χ1v) is 9.87. The zero-order chi connectivity index (χ0) is 15.9. The van der Waals surface area contributed by atoms with Crippen LogP contribution in [0.5, 0.6) is 0 Å². The fraction of sp³-hybridized carbons (Fsp3) is 0.529. The molecule has 21 heavy (non-hydrogen) atoms. The lowest BCUT2D eigenvalue weighted by Crippen LogP contribution is -2.51. The van der Waals surface area contributed by atoms with Crippen molar-refractivity contribution in [1.82, 2.24) is 4.23 Å². The lowest BCUT2D eigenvalue weighted by atomic mass is 10.2. The van der Waals surface area contributed by atoms with Crippen LogP contribution in [0, 0.1) is 11.6 Å². The zero-order valence-corrected chi connectivity index (χ0v) is 14.7. The summed E-state index contributed by atoms with van der Waals surface area (Å²) < 4.78 is 29.5. The van der Waals surface area contributed by atoms with E-state index < -0.39 is 19.9 Å². The molecule has 116 valence electrons. The van der Waals surface area contributed by atoms with Crippen LogP contribution in [-0.4, -0.2) is 12.5 Å². The molecule has 2 aromatic rings. The number of aromatic nitrogens is 1. The first-order valence-electron chi connectivity index (χ1n) is 7.69. The van der Waals surface area contributed by atoms with Gasteiger partial charge in [0.1, 0.15) is 0 Å². The van der Waals surface area contributed by atoms with E-state index in [1.807, 2.05) is 12.3 Å². The third-order valence-corrected chi connectivity index (χ3v) is 11.7. The number of fused-ring (bicyclic) bond motifs is 1. The predicted molar refractivity (Wildman–Crippen MR) is 88.3 cm³/mol. The molecule has 0 amide bonds. The minimum atomic E-state index is -1.93. The number of rotatable bonds is 4. The fourth-order valence-electron chi connectivity index (χ4n) is 4.30. The van der Waals surface area contributed by atoms with E-state index in [4.69, 9.17) is 0 Å². The maximum atomic E-state index is 13.7. The van der Waals surface area contributed by atoms with E-state index in [-0.39, 0.29) is 0 Å². The molecule has 0 spiro atoms. The van der Waals surface area contributed by atoms with Crippen molar-refractivity contribution in [2.75, 3.05) is 0 Å². The van der Waals surface area contributed by atoms with Gasteiger partial charge in [0.25, 0.3) is 0 Å². The highest BCUT2D eigenvalue weighted by atomic mass is 28.3. The predicted octanol–water partition coefficient (Wildman–Crippen LogP) is 5.94. The van der Waals surface area contributed by atoms with Gasteiger partial charge in [-0.3, -0.25) is 0 Å². The standard InChI is InChI=1S/C17H25F2NSi/c1-11(2)21(12(3)4,13(5)6)20-8-7-14-9-15(18)16(19)10-17(14)20/h7-13H,1-6H3. The van der Waals surface area contributed by atoms with E-state index >= 15 is 0 Å². The fourth-order valence-corrected chi connectivity index (χ4v) is 10.9. The molecule has 0 atom stereocenters. The number of nitrogens with zero attached hydrogens (tertiary/aromatic N) is 1. The minimum Gasteiger partial charge on any atom is -0.373 e. The van der Waals surface area contributed by atoms with Crippen LogP contribution in [0.2, 0.25) is 16.6 Å². The van der Waals surface area contributed by atoms with Gasteiger partial charge in [-0.15, -0.1) is 0 Å². The molecular weight excluding hydrogens is 284 g/mol. The number of hydrogen-bond acceptors (Lipinski definition) is 0. The van der Waals surface area contributed by atoms with E-state index in [2.05, 4.69) is 45.8 Å². The molecule has 1 heterocycles. The molecule has 0 fully saturated rings. The quantitative estimate of drug-likeness (QED) is 0.616. The molecule has 1 nitrogen and oxygen atoms in total. The van der Waals surface area contributed by atoms with E-state index in [0.29, 0.717) is 16.6 Å². The molecule has 1 aromatic carbocycles. The number of halogens is 2. The topological polar surface area (TPSA) is 4.93 Å². The second kappa shape index (κ2) is 5.56. The van der Waals surface area contributed by atoms with Crippen LogP contribution in [0.15, 0.2) is 24.4 Å². The Morgan fingerprint density at radius 1 is 0.857 bits per heavy atom. The van der Waals surface area contributed by atoms with Gasteiger partial charge in [0.15, 0.2) is 19.9 Å². The average molecular weight is 309 g/mol. The van der Waals surface area contributed by atoms with E-state index in [9.17, 15) is 8.78 Å². The largest absolute Gasteiger partial charge is 0.373 e. The summed E-state index contributed by atoms with van der Waals surface area (Å²) in [5.74, 6) is -1.53. The van der Waals surface area contributed by atoms with Gasteiger partial charge in [0.05, 0.1) is 0 Å². The van der Waals surface area contributed by atoms with Crippen molar-refractivity contribution in [3.63, 3.8) is 0 Å². The summed E-state index contributed by atoms with van der Waals surface area (Å²) in [6.45, 7) is 13.6. The summed E-state index contributed by atoms with van der Waals surface area (Å²) in [4.78, 5) is 0. The first kappa shape index (κ1) is 16.2. The van der Waals surface area contributed by atoms with Gasteiger partial charge in [-0.25, -0.2) is 8.78 Å². The average Bonchev–Trinajstić information content (AvgIpc) is 2.73. The van der Waals surface area contributed by atoms with Gasteiger partial charge in [0, 0.05) is 17.0 Å². The van der Waals surface area contributed by atoms with Gasteiger partial charge in [0.2, 0.25) is 0 Å². The molecule has 0 aliphatic rings.